The Labute approximate surface area is 125 Å². The molecule has 2 rings (SSSR count). The predicted molar refractivity (Wildman–Crippen MR) is 83.4 cm³/mol. The molecule has 0 aliphatic carbocycles. The Bertz CT molecular complexity index is 495. The van der Waals surface area contributed by atoms with Gasteiger partial charge in [-0.1, -0.05) is 39.7 Å². The van der Waals surface area contributed by atoms with Gasteiger partial charge in [0.1, 0.15) is 0 Å². The first-order valence-electron chi connectivity index (χ1n) is 5.86. The summed E-state index contributed by atoms with van der Waals surface area (Å²) in [6, 6.07) is 12.5. The van der Waals surface area contributed by atoms with E-state index in [1.807, 2.05) is 6.07 Å². The second kappa shape index (κ2) is 6.71. The molecule has 0 aliphatic heterocycles. The fourth-order valence-corrected chi connectivity index (χ4v) is 3.40. The average molecular weight is 345 g/mol. The SMILES string of the molecule is NCC(Cc1ccc(Br)cc1)Cc1ccc(Cl)s1. The number of hydrogen-bond acceptors (Lipinski definition) is 2. The van der Waals surface area contributed by atoms with Gasteiger partial charge in [-0.25, -0.2) is 0 Å². The molecule has 0 radical (unpaired) electrons. The van der Waals surface area contributed by atoms with E-state index in [0.717, 1.165) is 21.7 Å². The van der Waals surface area contributed by atoms with Crippen LogP contribution >= 0.6 is 38.9 Å². The molecule has 1 aromatic carbocycles. The molecule has 1 unspecified atom stereocenters. The van der Waals surface area contributed by atoms with Gasteiger partial charge in [-0.3, -0.25) is 0 Å². The number of rotatable bonds is 5. The van der Waals surface area contributed by atoms with Gasteiger partial charge in [0.2, 0.25) is 0 Å². The van der Waals surface area contributed by atoms with Crippen molar-refractivity contribution in [3.8, 4) is 0 Å². The second-order valence-corrected chi connectivity index (χ2v) is 7.06. The van der Waals surface area contributed by atoms with Crippen LogP contribution in [0.1, 0.15) is 10.4 Å². The Morgan fingerprint density at radius 2 is 1.83 bits per heavy atom. The normalized spacial score (nSPS) is 12.6. The molecule has 0 bridgehead atoms. The van der Waals surface area contributed by atoms with Crippen molar-refractivity contribution in [2.75, 3.05) is 6.54 Å². The van der Waals surface area contributed by atoms with Crippen LogP contribution in [0.3, 0.4) is 0 Å². The highest BCUT2D eigenvalue weighted by atomic mass is 79.9. The highest BCUT2D eigenvalue weighted by Crippen LogP contribution is 2.25. The monoisotopic (exact) mass is 343 g/mol. The maximum Gasteiger partial charge on any atom is 0.0931 e. The molecular formula is C14H15BrClNS. The number of benzene rings is 1. The van der Waals surface area contributed by atoms with Crippen LogP contribution in [-0.4, -0.2) is 6.54 Å². The maximum absolute atomic E-state index is 5.95. The third kappa shape index (κ3) is 4.09. The zero-order chi connectivity index (χ0) is 13.0. The molecule has 0 saturated carbocycles. The summed E-state index contributed by atoms with van der Waals surface area (Å²) >= 11 is 11.0. The lowest BCUT2D eigenvalue weighted by Gasteiger charge is -2.13. The molecule has 0 aliphatic rings. The minimum Gasteiger partial charge on any atom is -0.330 e. The van der Waals surface area contributed by atoms with Crippen molar-refractivity contribution in [3.05, 3.63) is 55.6 Å². The van der Waals surface area contributed by atoms with Crippen molar-refractivity contribution in [2.24, 2.45) is 11.7 Å². The Hall–Kier alpha value is -0.350. The highest BCUT2D eigenvalue weighted by molar-refractivity contribution is 9.10. The molecule has 2 aromatic rings. The number of nitrogens with two attached hydrogens (primary N) is 1. The molecule has 1 nitrogen and oxygen atoms in total. The van der Waals surface area contributed by atoms with Crippen LogP contribution in [0.25, 0.3) is 0 Å². The molecule has 4 heteroatoms. The molecule has 2 N–H and O–H groups in total. The Kier molecular flexibility index (Phi) is 5.25. The summed E-state index contributed by atoms with van der Waals surface area (Å²) in [6.07, 6.45) is 2.02. The first-order valence-corrected chi connectivity index (χ1v) is 7.85. The summed E-state index contributed by atoms with van der Waals surface area (Å²) in [5, 5.41) is 0. The average Bonchev–Trinajstić information content (AvgIpc) is 2.77. The van der Waals surface area contributed by atoms with Crippen LogP contribution in [0, 0.1) is 5.92 Å². The third-order valence-corrected chi connectivity index (χ3v) is 4.67. The summed E-state index contributed by atoms with van der Waals surface area (Å²) in [7, 11) is 0. The van der Waals surface area contributed by atoms with Gasteiger partial charge in [0.25, 0.3) is 0 Å². The zero-order valence-electron chi connectivity index (χ0n) is 9.90. The first kappa shape index (κ1) is 14.1. The summed E-state index contributed by atoms with van der Waals surface area (Å²) < 4.78 is 1.96. The molecule has 0 spiro atoms. The van der Waals surface area contributed by atoms with E-state index >= 15 is 0 Å². The van der Waals surface area contributed by atoms with Gasteiger partial charge in [-0.05, 0) is 55.1 Å². The van der Waals surface area contributed by atoms with Crippen molar-refractivity contribution in [1.82, 2.24) is 0 Å². The van der Waals surface area contributed by atoms with Crippen molar-refractivity contribution in [1.29, 1.82) is 0 Å². The molecule has 1 heterocycles. The van der Waals surface area contributed by atoms with Crippen LogP contribution in [0.4, 0.5) is 0 Å². The minimum atomic E-state index is 0.473. The van der Waals surface area contributed by atoms with E-state index in [1.165, 1.54) is 10.4 Å². The van der Waals surface area contributed by atoms with E-state index < -0.39 is 0 Å². The predicted octanol–water partition coefficient (Wildman–Crippen LogP) is 4.52. The van der Waals surface area contributed by atoms with E-state index in [0.29, 0.717) is 12.5 Å². The lowest BCUT2D eigenvalue weighted by molar-refractivity contribution is 0.537. The first-order chi connectivity index (χ1) is 8.67. The highest BCUT2D eigenvalue weighted by Gasteiger charge is 2.10. The van der Waals surface area contributed by atoms with E-state index in [2.05, 4.69) is 46.3 Å². The summed E-state index contributed by atoms with van der Waals surface area (Å²) in [4.78, 5) is 1.31. The number of thiophene rings is 1. The molecule has 1 aromatic heterocycles. The standard InChI is InChI=1S/C14H15BrClNS/c15-12-3-1-10(2-4-12)7-11(9-17)8-13-5-6-14(16)18-13/h1-6,11H,7-9,17H2. The van der Waals surface area contributed by atoms with E-state index in [9.17, 15) is 0 Å². The quantitative estimate of drug-likeness (QED) is 0.847. The van der Waals surface area contributed by atoms with Gasteiger partial charge in [0.15, 0.2) is 0 Å². The Morgan fingerprint density at radius 1 is 1.11 bits per heavy atom. The van der Waals surface area contributed by atoms with Crippen molar-refractivity contribution in [2.45, 2.75) is 12.8 Å². The van der Waals surface area contributed by atoms with Gasteiger partial charge in [0.05, 0.1) is 4.34 Å². The molecule has 1 atom stereocenters. The van der Waals surface area contributed by atoms with Gasteiger partial charge in [-0.15, -0.1) is 11.3 Å². The Balaban J connectivity index is 1.99. The van der Waals surface area contributed by atoms with Crippen LogP contribution in [0.2, 0.25) is 4.34 Å². The van der Waals surface area contributed by atoms with Crippen LogP contribution in [-0.2, 0) is 12.8 Å². The molecule has 18 heavy (non-hydrogen) atoms. The largest absolute Gasteiger partial charge is 0.330 e. The lowest BCUT2D eigenvalue weighted by atomic mass is 9.96. The summed E-state index contributed by atoms with van der Waals surface area (Å²) in [6.45, 7) is 0.700. The smallest absolute Gasteiger partial charge is 0.0931 e. The van der Waals surface area contributed by atoms with E-state index in [-0.39, 0.29) is 0 Å². The van der Waals surface area contributed by atoms with Crippen LogP contribution in [0.5, 0.6) is 0 Å². The molecular weight excluding hydrogens is 330 g/mol. The van der Waals surface area contributed by atoms with Gasteiger partial charge < -0.3 is 5.73 Å². The maximum atomic E-state index is 5.95. The topological polar surface area (TPSA) is 26.0 Å². The fraction of sp³-hybridized carbons (Fsp3) is 0.286. The van der Waals surface area contributed by atoms with Crippen molar-refractivity contribution < 1.29 is 0 Å². The summed E-state index contributed by atoms with van der Waals surface area (Å²) in [5.41, 5.74) is 7.20. The molecule has 0 amide bonds. The fourth-order valence-electron chi connectivity index (χ4n) is 1.94. The summed E-state index contributed by atoms with van der Waals surface area (Å²) in [5.74, 6) is 0.473. The second-order valence-electron chi connectivity index (χ2n) is 4.34. The van der Waals surface area contributed by atoms with E-state index in [1.54, 1.807) is 11.3 Å². The number of halogens is 2. The van der Waals surface area contributed by atoms with Crippen LogP contribution in [0.15, 0.2) is 40.9 Å². The molecule has 96 valence electrons. The minimum absolute atomic E-state index is 0.473. The van der Waals surface area contributed by atoms with Crippen molar-refractivity contribution in [3.63, 3.8) is 0 Å². The van der Waals surface area contributed by atoms with Crippen LogP contribution < -0.4 is 5.73 Å². The zero-order valence-corrected chi connectivity index (χ0v) is 13.1. The van der Waals surface area contributed by atoms with Crippen molar-refractivity contribution >= 4 is 38.9 Å². The third-order valence-electron chi connectivity index (χ3n) is 2.89. The van der Waals surface area contributed by atoms with Gasteiger partial charge in [0, 0.05) is 9.35 Å². The molecule has 0 fully saturated rings. The van der Waals surface area contributed by atoms with E-state index in [4.69, 9.17) is 17.3 Å². The van der Waals surface area contributed by atoms with Gasteiger partial charge in [-0.2, -0.15) is 0 Å². The lowest BCUT2D eigenvalue weighted by Crippen LogP contribution is -2.18. The Morgan fingerprint density at radius 3 is 2.39 bits per heavy atom. The number of hydrogen-bond donors (Lipinski definition) is 1. The molecule has 0 saturated heterocycles. The van der Waals surface area contributed by atoms with Gasteiger partial charge >= 0.3 is 0 Å².